The first kappa shape index (κ1) is 19.1. The van der Waals surface area contributed by atoms with Gasteiger partial charge in [0.05, 0.1) is 5.71 Å². The molecule has 4 heteroatoms. The van der Waals surface area contributed by atoms with Crippen molar-refractivity contribution in [1.29, 1.82) is 0 Å². The summed E-state index contributed by atoms with van der Waals surface area (Å²) in [4.78, 5) is 9.15. The zero-order valence-corrected chi connectivity index (χ0v) is 16.0. The van der Waals surface area contributed by atoms with Crippen LogP contribution in [-0.4, -0.2) is 15.7 Å². The Kier molecular flexibility index (Phi) is 7.58. The number of aromatic nitrogens is 2. The standard InChI is InChI=1S/C21H30N4/c1-5-8-13-20-15-19(7-3)22-21(23-20)25-24-16(4)18-12-9-11-17(14-18)10-6-2/h9,11-12,14-15H,5-8,10,13H2,1-4H3,(H,22,23,25). The van der Waals surface area contributed by atoms with Gasteiger partial charge in [0.15, 0.2) is 0 Å². The van der Waals surface area contributed by atoms with Gasteiger partial charge in [0.2, 0.25) is 5.95 Å². The van der Waals surface area contributed by atoms with Crippen LogP contribution in [0.3, 0.4) is 0 Å². The van der Waals surface area contributed by atoms with Gasteiger partial charge < -0.3 is 0 Å². The molecule has 0 atom stereocenters. The van der Waals surface area contributed by atoms with Gasteiger partial charge in [0, 0.05) is 11.4 Å². The second kappa shape index (κ2) is 9.92. The van der Waals surface area contributed by atoms with Crippen molar-refractivity contribution in [2.24, 2.45) is 5.10 Å². The SMILES string of the molecule is CCCCc1cc(CC)nc(NN=C(C)c2cccc(CCC)c2)n1. The van der Waals surface area contributed by atoms with Gasteiger partial charge in [-0.2, -0.15) is 5.10 Å². The molecule has 1 heterocycles. The first-order valence-corrected chi connectivity index (χ1v) is 9.42. The summed E-state index contributed by atoms with van der Waals surface area (Å²) in [6, 6.07) is 10.7. The van der Waals surface area contributed by atoms with E-state index >= 15 is 0 Å². The van der Waals surface area contributed by atoms with Gasteiger partial charge >= 0.3 is 0 Å². The fourth-order valence-electron chi connectivity index (χ4n) is 2.71. The molecule has 1 aromatic heterocycles. The van der Waals surface area contributed by atoms with Crippen LogP contribution in [0.5, 0.6) is 0 Å². The number of hydrazone groups is 1. The largest absolute Gasteiger partial charge is 0.245 e. The highest BCUT2D eigenvalue weighted by atomic mass is 15.4. The lowest BCUT2D eigenvalue weighted by molar-refractivity contribution is 0.769. The molecule has 1 N–H and O–H groups in total. The first-order valence-electron chi connectivity index (χ1n) is 9.42. The molecule has 0 aliphatic heterocycles. The molecule has 0 spiro atoms. The van der Waals surface area contributed by atoms with Gasteiger partial charge in [-0.15, -0.1) is 0 Å². The summed E-state index contributed by atoms with van der Waals surface area (Å²) in [7, 11) is 0. The average molecular weight is 338 g/mol. The number of nitrogens with zero attached hydrogens (tertiary/aromatic N) is 3. The van der Waals surface area contributed by atoms with E-state index in [2.05, 4.69) is 71.6 Å². The third kappa shape index (κ3) is 5.96. The van der Waals surface area contributed by atoms with Crippen LogP contribution in [0, 0.1) is 0 Å². The van der Waals surface area contributed by atoms with Crippen LogP contribution < -0.4 is 5.43 Å². The smallest absolute Gasteiger partial charge is 0.243 e. The van der Waals surface area contributed by atoms with E-state index in [1.165, 1.54) is 12.0 Å². The summed E-state index contributed by atoms with van der Waals surface area (Å²) in [6.45, 7) is 8.52. The molecule has 1 aromatic carbocycles. The van der Waals surface area contributed by atoms with Crippen LogP contribution in [0.25, 0.3) is 0 Å². The van der Waals surface area contributed by atoms with Crippen LogP contribution in [0.2, 0.25) is 0 Å². The lowest BCUT2D eigenvalue weighted by Gasteiger charge is -2.08. The first-order chi connectivity index (χ1) is 12.2. The highest BCUT2D eigenvalue weighted by Crippen LogP contribution is 2.11. The highest BCUT2D eigenvalue weighted by Gasteiger charge is 2.04. The second-order valence-corrected chi connectivity index (χ2v) is 6.39. The summed E-state index contributed by atoms with van der Waals surface area (Å²) < 4.78 is 0. The lowest BCUT2D eigenvalue weighted by Crippen LogP contribution is -2.06. The molecule has 0 saturated heterocycles. The Morgan fingerprint density at radius 1 is 1.00 bits per heavy atom. The third-order valence-electron chi connectivity index (χ3n) is 4.19. The quantitative estimate of drug-likeness (QED) is 0.507. The average Bonchev–Trinajstić information content (AvgIpc) is 2.64. The molecule has 134 valence electrons. The highest BCUT2D eigenvalue weighted by molar-refractivity contribution is 5.99. The normalized spacial score (nSPS) is 11.6. The molecule has 0 bridgehead atoms. The molecule has 25 heavy (non-hydrogen) atoms. The van der Waals surface area contributed by atoms with Gasteiger partial charge in [-0.05, 0) is 55.9 Å². The number of rotatable bonds is 9. The van der Waals surface area contributed by atoms with E-state index in [0.717, 1.165) is 54.8 Å². The Hall–Kier alpha value is -2.23. The van der Waals surface area contributed by atoms with Crippen molar-refractivity contribution in [3.8, 4) is 0 Å². The van der Waals surface area contributed by atoms with Crippen molar-refractivity contribution in [1.82, 2.24) is 9.97 Å². The van der Waals surface area contributed by atoms with Crippen LogP contribution in [0.15, 0.2) is 35.4 Å². The molecule has 2 rings (SSSR count). The molecular weight excluding hydrogens is 308 g/mol. The Balaban J connectivity index is 2.15. The molecule has 4 nitrogen and oxygen atoms in total. The van der Waals surface area contributed by atoms with Crippen molar-refractivity contribution >= 4 is 11.7 Å². The van der Waals surface area contributed by atoms with Crippen molar-refractivity contribution in [2.45, 2.75) is 66.2 Å². The second-order valence-electron chi connectivity index (χ2n) is 6.39. The maximum atomic E-state index is 4.60. The zero-order chi connectivity index (χ0) is 18.1. The molecule has 0 aliphatic rings. The van der Waals surface area contributed by atoms with Crippen LogP contribution >= 0.6 is 0 Å². The summed E-state index contributed by atoms with van der Waals surface area (Å²) in [5, 5.41) is 4.50. The molecule has 0 radical (unpaired) electrons. The summed E-state index contributed by atoms with van der Waals surface area (Å²) in [6.07, 6.45) is 6.44. The zero-order valence-electron chi connectivity index (χ0n) is 16.0. The Morgan fingerprint density at radius 2 is 1.80 bits per heavy atom. The van der Waals surface area contributed by atoms with E-state index in [1.54, 1.807) is 0 Å². The third-order valence-corrected chi connectivity index (χ3v) is 4.19. The Labute approximate surface area is 151 Å². The summed E-state index contributed by atoms with van der Waals surface area (Å²) in [5.74, 6) is 0.592. The summed E-state index contributed by atoms with van der Waals surface area (Å²) >= 11 is 0. The number of nitrogens with one attached hydrogen (secondary N) is 1. The summed E-state index contributed by atoms with van der Waals surface area (Å²) in [5.41, 5.74) is 8.63. The lowest BCUT2D eigenvalue weighted by atomic mass is 10.0. The van der Waals surface area contributed by atoms with Gasteiger partial charge in [0.1, 0.15) is 0 Å². The van der Waals surface area contributed by atoms with Crippen molar-refractivity contribution < 1.29 is 0 Å². The number of unbranched alkanes of at least 4 members (excludes halogenated alkanes) is 1. The Bertz CT molecular complexity index is 707. The van der Waals surface area contributed by atoms with E-state index in [4.69, 9.17) is 0 Å². The molecule has 0 amide bonds. The number of hydrogen-bond acceptors (Lipinski definition) is 4. The number of hydrogen-bond donors (Lipinski definition) is 1. The van der Waals surface area contributed by atoms with E-state index in [9.17, 15) is 0 Å². The van der Waals surface area contributed by atoms with Crippen molar-refractivity contribution in [2.75, 3.05) is 5.43 Å². The van der Waals surface area contributed by atoms with Gasteiger partial charge in [-0.3, -0.25) is 0 Å². The van der Waals surface area contributed by atoms with Crippen LogP contribution in [0.1, 0.15) is 69.5 Å². The van der Waals surface area contributed by atoms with E-state index < -0.39 is 0 Å². The van der Waals surface area contributed by atoms with Crippen molar-refractivity contribution in [3.63, 3.8) is 0 Å². The predicted molar refractivity (Wildman–Crippen MR) is 106 cm³/mol. The monoisotopic (exact) mass is 338 g/mol. The fourth-order valence-corrected chi connectivity index (χ4v) is 2.71. The van der Waals surface area contributed by atoms with Crippen LogP contribution in [-0.2, 0) is 19.3 Å². The minimum Gasteiger partial charge on any atom is -0.245 e. The minimum absolute atomic E-state index is 0.592. The van der Waals surface area contributed by atoms with Gasteiger partial charge in [-0.1, -0.05) is 51.8 Å². The molecule has 0 unspecified atom stereocenters. The predicted octanol–water partition coefficient (Wildman–Crippen LogP) is 5.17. The van der Waals surface area contributed by atoms with E-state index in [0.29, 0.717) is 5.95 Å². The Morgan fingerprint density at radius 3 is 2.52 bits per heavy atom. The van der Waals surface area contributed by atoms with E-state index in [-0.39, 0.29) is 0 Å². The van der Waals surface area contributed by atoms with Gasteiger partial charge in [-0.25, -0.2) is 15.4 Å². The van der Waals surface area contributed by atoms with Crippen LogP contribution in [0.4, 0.5) is 5.95 Å². The maximum Gasteiger partial charge on any atom is 0.243 e. The fraction of sp³-hybridized carbons (Fsp3) is 0.476. The minimum atomic E-state index is 0.592. The number of aryl methyl sites for hydroxylation is 3. The van der Waals surface area contributed by atoms with Gasteiger partial charge in [0.25, 0.3) is 0 Å². The number of anilines is 1. The molecule has 2 aromatic rings. The topological polar surface area (TPSA) is 50.2 Å². The van der Waals surface area contributed by atoms with Crippen molar-refractivity contribution in [3.05, 3.63) is 52.8 Å². The molecule has 0 saturated carbocycles. The number of benzene rings is 1. The molecular formula is C21H30N4. The molecule has 0 aliphatic carbocycles. The molecule has 0 fully saturated rings. The van der Waals surface area contributed by atoms with E-state index in [1.807, 2.05) is 6.92 Å². The maximum absolute atomic E-state index is 4.60.